The molecule has 24 heavy (non-hydrogen) atoms. The van der Waals surface area contributed by atoms with E-state index in [1.807, 2.05) is 0 Å². The Balaban J connectivity index is 2.33. The van der Waals surface area contributed by atoms with Crippen LogP contribution in [0, 0.1) is 5.82 Å². The molecule has 1 aromatic rings. The fraction of sp³-hybridized carbons (Fsp3) is 0.467. The molecule has 0 heterocycles. The van der Waals surface area contributed by atoms with Crippen molar-refractivity contribution in [2.45, 2.75) is 37.1 Å². The molecule has 1 fully saturated rings. The van der Waals surface area contributed by atoms with Crippen LogP contribution in [0.3, 0.4) is 0 Å². The Labute approximate surface area is 135 Å². The lowest BCUT2D eigenvalue weighted by atomic mass is 9.74. The number of carbonyl (C=O) groups is 2. The number of hydrogen-bond acceptors (Lipinski definition) is 3. The van der Waals surface area contributed by atoms with Crippen molar-refractivity contribution >= 4 is 11.8 Å². The van der Waals surface area contributed by atoms with Crippen molar-refractivity contribution in [3.63, 3.8) is 0 Å². The molecule has 2 amide bonds. The van der Waals surface area contributed by atoms with Crippen LogP contribution in [0.5, 0.6) is 0 Å². The molecule has 5 nitrogen and oxygen atoms in total. The fourth-order valence-electron chi connectivity index (χ4n) is 2.57. The highest BCUT2D eigenvalue weighted by Crippen LogP contribution is 2.36. The van der Waals surface area contributed by atoms with Crippen LogP contribution in [0.2, 0.25) is 0 Å². The normalized spacial score (nSPS) is 17.6. The third kappa shape index (κ3) is 3.50. The standard InChI is InChI=1S/C15H16F4N2O3/c1-20-13(23)11(14(24)5-2-6-14)21-12(22)9-4-3-8(16)7-10(9)15(17,18)19/h3-4,7,11,24H,2,5-6H2,1H3,(H,20,23)(H,21,22). The second-order valence-corrected chi connectivity index (χ2v) is 5.67. The van der Waals surface area contributed by atoms with Crippen LogP contribution in [0.1, 0.15) is 35.2 Å². The van der Waals surface area contributed by atoms with E-state index in [-0.39, 0.29) is 18.9 Å². The largest absolute Gasteiger partial charge is 0.417 e. The van der Waals surface area contributed by atoms with E-state index in [0.717, 1.165) is 6.07 Å². The molecule has 132 valence electrons. The van der Waals surface area contributed by atoms with Gasteiger partial charge in [-0.3, -0.25) is 9.59 Å². The van der Waals surface area contributed by atoms with Crippen molar-refractivity contribution < 1.29 is 32.3 Å². The van der Waals surface area contributed by atoms with Gasteiger partial charge in [0.25, 0.3) is 5.91 Å². The van der Waals surface area contributed by atoms with Crippen molar-refractivity contribution in [2.24, 2.45) is 0 Å². The number of aliphatic hydroxyl groups is 1. The van der Waals surface area contributed by atoms with Gasteiger partial charge in [-0.1, -0.05) is 0 Å². The lowest BCUT2D eigenvalue weighted by molar-refractivity contribution is -0.138. The summed E-state index contributed by atoms with van der Waals surface area (Å²) in [4.78, 5) is 24.1. The molecule has 1 saturated carbocycles. The van der Waals surface area contributed by atoms with Crippen molar-refractivity contribution in [1.82, 2.24) is 10.6 Å². The quantitative estimate of drug-likeness (QED) is 0.724. The predicted molar refractivity (Wildman–Crippen MR) is 75.5 cm³/mol. The number of nitrogens with one attached hydrogen (secondary N) is 2. The molecule has 1 aromatic carbocycles. The van der Waals surface area contributed by atoms with Gasteiger partial charge in [-0.25, -0.2) is 4.39 Å². The summed E-state index contributed by atoms with van der Waals surface area (Å²) < 4.78 is 52.1. The second-order valence-electron chi connectivity index (χ2n) is 5.67. The Morgan fingerprint density at radius 1 is 1.29 bits per heavy atom. The molecule has 1 aliphatic rings. The molecule has 0 aliphatic heterocycles. The molecule has 9 heteroatoms. The van der Waals surface area contributed by atoms with E-state index in [2.05, 4.69) is 10.6 Å². The molecular weight excluding hydrogens is 332 g/mol. The molecule has 1 unspecified atom stereocenters. The van der Waals surface area contributed by atoms with Gasteiger partial charge in [-0.2, -0.15) is 13.2 Å². The highest BCUT2D eigenvalue weighted by molar-refractivity contribution is 5.99. The summed E-state index contributed by atoms with van der Waals surface area (Å²) in [6.07, 6.45) is -3.84. The van der Waals surface area contributed by atoms with Crippen LogP contribution < -0.4 is 10.6 Å². The first-order valence-corrected chi connectivity index (χ1v) is 7.20. The summed E-state index contributed by atoms with van der Waals surface area (Å²) in [5, 5.41) is 14.7. The smallest absolute Gasteiger partial charge is 0.387 e. The van der Waals surface area contributed by atoms with Crippen molar-refractivity contribution in [2.75, 3.05) is 7.05 Å². The first-order valence-electron chi connectivity index (χ1n) is 7.20. The number of hydrogen-bond donors (Lipinski definition) is 3. The van der Waals surface area contributed by atoms with E-state index in [9.17, 15) is 32.3 Å². The highest BCUT2D eigenvalue weighted by atomic mass is 19.4. The Hall–Kier alpha value is -2.16. The molecule has 0 spiro atoms. The van der Waals surface area contributed by atoms with E-state index in [1.54, 1.807) is 0 Å². The molecule has 0 radical (unpaired) electrons. The van der Waals surface area contributed by atoms with Gasteiger partial charge in [0.2, 0.25) is 5.91 Å². The molecule has 1 atom stereocenters. The molecule has 0 saturated heterocycles. The summed E-state index contributed by atoms with van der Waals surface area (Å²) >= 11 is 0. The number of benzene rings is 1. The predicted octanol–water partition coefficient (Wildman–Crippen LogP) is 1.60. The number of halogens is 4. The first kappa shape index (κ1) is 18.2. The Morgan fingerprint density at radius 2 is 1.92 bits per heavy atom. The minimum Gasteiger partial charge on any atom is -0.387 e. The Kier molecular flexibility index (Phi) is 4.84. The number of rotatable bonds is 4. The van der Waals surface area contributed by atoms with Crippen LogP contribution >= 0.6 is 0 Å². The van der Waals surface area contributed by atoms with Gasteiger partial charge >= 0.3 is 6.18 Å². The van der Waals surface area contributed by atoms with Crippen LogP contribution in [-0.2, 0) is 11.0 Å². The summed E-state index contributed by atoms with van der Waals surface area (Å²) in [7, 11) is 1.28. The van der Waals surface area contributed by atoms with Gasteiger partial charge in [0, 0.05) is 7.05 Å². The molecular formula is C15H16F4N2O3. The maximum atomic E-state index is 13.1. The highest BCUT2D eigenvalue weighted by Gasteiger charge is 2.47. The topological polar surface area (TPSA) is 78.4 Å². The fourth-order valence-corrected chi connectivity index (χ4v) is 2.57. The third-order valence-corrected chi connectivity index (χ3v) is 4.07. The van der Waals surface area contributed by atoms with E-state index in [1.165, 1.54) is 7.05 Å². The van der Waals surface area contributed by atoms with E-state index < -0.39 is 46.6 Å². The number of likely N-dealkylation sites (N-methyl/N-ethyl adjacent to an activating group) is 1. The van der Waals surface area contributed by atoms with Crippen LogP contribution in [0.15, 0.2) is 18.2 Å². The van der Waals surface area contributed by atoms with Gasteiger partial charge < -0.3 is 15.7 Å². The maximum absolute atomic E-state index is 13.1. The van der Waals surface area contributed by atoms with Crippen molar-refractivity contribution in [1.29, 1.82) is 0 Å². The second kappa shape index (κ2) is 6.39. The Bertz CT molecular complexity index is 657. The monoisotopic (exact) mass is 348 g/mol. The van der Waals surface area contributed by atoms with Crippen molar-refractivity contribution in [3.05, 3.63) is 35.1 Å². The summed E-state index contributed by atoms with van der Waals surface area (Å²) in [6, 6.07) is 0.230. The zero-order valence-corrected chi connectivity index (χ0v) is 12.7. The average molecular weight is 348 g/mol. The van der Waals surface area contributed by atoms with E-state index in [4.69, 9.17) is 0 Å². The average Bonchev–Trinajstić information content (AvgIpc) is 2.48. The zero-order chi connectivity index (χ0) is 18.1. The van der Waals surface area contributed by atoms with Crippen LogP contribution in [0.4, 0.5) is 17.6 Å². The SMILES string of the molecule is CNC(=O)C(NC(=O)c1ccc(F)cc1C(F)(F)F)C1(O)CCC1. The van der Waals surface area contributed by atoms with Gasteiger partial charge in [-0.15, -0.1) is 0 Å². The third-order valence-electron chi connectivity index (χ3n) is 4.07. The summed E-state index contributed by atoms with van der Waals surface area (Å²) in [6.45, 7) is 0. The number of amides is 2. The molecule has 3 N–H and O–H groups in total. The van der Waals surface area contributed by atoms with Crippen LogP contribution in [-0.4, -0.2) is 35.6 Å². The lowest BCUT2D eigenvalue weighted by Crippen LogP contribution is -2.62. The van der Waals surface area contributed by atoms with Crippen molar-refractivity contribution in [3.8, 4) is 0 Å². The Morgan fingerprint density at radius 3 is 2.38 bits per heavy atom. The number of carbonyl (C=O) groups excluding carboxylic acids is 2. The minimum absolute atomic E-state index is 0.210. The summed E-state index contributed by atoms with van der Waals surface area (Å²) in [5.41, 5.74) is -3.77. The van der Waals surface area contributed by atoms with E-state index in [0.29, 0.717) is 12.5 Å². The molecule has 0 bridgehead atoms. The zero-order valence-electron chi connectivity index (χ0n) is 12.7. The maximum Gasteiger partial charge on any atom is 0.417 e. The number of alkyl halides is 3. The minimum atomic E-state index is -4.94. The van der Waals surface area contributed by atoms with E-state index >= 15 is 0 Å². The van der Waals surface area contributed by atoms with Gasteiger partial charge in [0.1, 0.15) is 11.9 Å². The van der Waals surface area contributed by atoms with Gasteiger partial charge in [0.15, 0.2) is 0 Å². The van der Waals surface area contributed by atoms with Gasteiger partial charge in [-0.05, 0) is 37.5 Å². The van der Waals surface area contributed by atoms with Gasteiger partial charge in [0.05, 0.1) is 16.7 Å². The molecule has 0 aromatic heterocycles. The summed E-state index contributed by atoms with van der Waals surface area (Å²) in [5.74, 6) is -3.07. The first-order chi connectivity index (χ1) is 11.1. The van der Waals surface area contributed by atoms with Crippen LogP contribution in [0.25, 0.3) is 0 Å². The molecule has 1 aliphatic carbocycles. The molecule has 2 rings (SSSR count). The lowest BCUT2D eigenvalue weighted by Gasteiger charge is -2.42.